The summed E-state index contributed by atoms with van der Waals surface area (Å²) in [4.78, 5) is 15.7. The lowest BCUT2D eigenvalue weighted by Gasteiger charge is -2.13. The zero-order chi connectivity index (χ0) is 14.3. The van der Waals surface area contributed by atoms with Crippen LogP contribution in [0, 0.1) is 0 Å². The van der Waals surface area contributed by atoms with E-state index in [1.165, 1.54) is 18.3 Å². The van der Waals surface area contributed by atoms with Crippen molar-refractivity contribution >= 4 is 5.91 Å². The first-order chi connectivity index (χ1) is 9.04. The number of rotatable bonds is 7. The molecule has 0 bridgehead atoms. The largest absolute Gasteiger partial charge is 0.485 e. The summed E-state index contributed by atoms with van der Waals surface area (Å²) >= 11 is 0. The van der Waals surface area contributed by atoms with Crippen molar-refractivity contribution in [1.82, 2.24) is 15.6 Å². The van der Waals surface area contributed by atoms with Gasteiger partial charge in [-0.1, -0.05) is 0 Å². The maximum absolute atomic E-state index is 12.1. The van der Waals surface area contributed by atoms with Crippen molar-refractivity contribution in [2.75, 3.05) is 20.2 Å². The molecule has 19 heavy (non-hydrogen) atoms. The third-order valence-corrected chi connectivity index (χ3v) is 2.41. The lowest BCUT2D eigenvalue weighted by atomic mass is 10.3. The third-order valence-electron chi connectivity index (χ3n) is 2.41. The van der Waals surface area contributed by atoms with Gasteiger partial charge in [-0.25, -0.2) is 13.8 Å². The number of carbonyl (C=O) groups is 1. The van der Waals surface area contributed by atoms with Gasteiger partial charge in [0.2, 0.25) is 0 Å². The number of nitrogens with one attached hydrogen (secondary N) is 2. The molecule has 0 radical (unpaired) electrons. The molecule has 0 aromatic carbocycles. The molecule has 1 unspecified atom stereocenters. The van der Waals surface area contributed by atoms with Gasteiger partial charge in [-0.05, 0) is 26.1 Å². The van der Waals surface area contributed by atoms with Crippen LogP contribution in [0.3, 0.4) is 0 Å². The number of alkyl halides is 2. The highest BCUT2D eigenvalue weighted by molar-refractivity contribution is 5.94. The molecule has 0 saturated heterocycles. The summed E-state index contributed by atoms with van der Waals surface area (Å²) in [5.41, 5.74) is 0.00598. The minimum absolute atomic E-state index is 0.00598. The number of nitrogens with zero attached hydrogens (tertiary/aromatic N) is 1. The number of amides is 1. The molecule has 0 aliphatic rings. The first-order valence-electron chi connectivity index (χ1n) is 5.86. The molecule has 106 valence electrons. The van der Waals surface area contributed by atoms with Crippen molar-refractivity contribution in [3.05, 3.63) is 24.0 Å². The molecule has 0 saturated carbocycles. The van der Waals surface area contributed by atoms with Gasteiger partial charge in [-0.3, -0.25) is 4.79 Å². The molecule has 1 heterocycles. The zero-order valence-corrected chi connectivity index (χ0v) is 10.8. The average Bonchev–Trinajstić information content (AvgIpc) is 2.42. The minimum atomic E-state index is -2.60. The Hall–Kier alpha value is -1.76. The van der Waals surface area contributed by atoms with E-state index in [1.807, 2.05) is 6.92 Å². The Labute approximate surface area is 110 Å². The molecule has 1 aromatic heterocycles. The van der Waals surface area contributed by atoms with Crippen molar-refractivity contribution < 1.29 is 18.3 Å². The number of aromatic nitrogens is 1. The van der Waals surface area contributed by atoms with Crippen molar-refractivity contribution in [2.24, 2.45) is 0 Å². The van der Waals surface area contributed by atoms with Crippen molar-refractivity contribution in [3.63, 3.8) is 0 Å². The topological polar surface area (TPSA) is 63.2 Å². The Morgan fingerprint density at radius 3 is 2.89 bits per heavy atom. The summed E-state index contributed by atoms with van der Waals surface area (Å²) in [6, 6.07) is 3.05. The number of hydrogen-bond acceptors (Lipinski definition) is 4. The van der Waals surface area contributed by atoms with Crippen LogP contribution < -0.4 is 15.4 Å². The second kappa shape index (κ2) is 7.63. The van der Waals surface area contributed by atoms with E-state index in [-0.39, 0.29) is 17.5 Å². The Morgan fingerprint density at radius 2 is 2.26 bits per heavy atom. The zero-order valence-electron chi connectivity index (χ0n) is 10.8. The van der Waals surface area contributed by atoms with Crippen LogP contribution in [-0.2, 0) is 0 Å². The molecular weight excluding hydrogens is 256 g/mol. The molecule has 7 heteroatoms. The number of ether oxygens (including phenoxy) is 1. The van der Waals surface area contributed by atoms with E-state index in [0.717, 1.165) is 0 Å². The fourth-order valence-corrected chi connectivity index (χ4v) is 1.26. The van der Waals surface area contributed by atoms with Crippen LogP contribution in [-0.4, -0.2) is 43.6 Å². The summed E-state index contributed by atoms with van der Waals surface area (Å²) in [6.07, 6.45) is -1.19. The maximum atomic E-state index is 12.1. The average molecular weight is 273 g/mol. The van der Waals surface area contributed by atoms with Crippen molar-refractivity contribution in [1.29, 1.82) is 0 Å². The fourth-order valence-electron chi connectivity index (χ4n) is 1.26. The SMILES string of the molecule is CNC(C)CNC(=O)c1ncccc1OCC(F)F. The molecule has 0 aliphatic heterocycles. The van der Waals surface area contributed by atoms with Gasteiger partial charge in [0.25, 0.3) is 12.3 Å². The smallest absolute Gasteiger partial charge is 0.273 e. The van der Waals surface area contributed by atoms with Gasteiger partial charge < -0.3 is 15.4 Å². The van der Waals surface area contributed by atoms with Crippen LogP contribution in [0.4, 0.5) is 8.78 Å². The van der Waals surface area contributed by atoms with Crippen molar-refractivity contribution in [3.8, 4) is 5.75 Å². The van der Waals surface area contributed by atoms with Crippen LogP contribution in [0.2, 0.25) is 0 Å². The number of hydrogen-bond donors (Lipinski definition) is 2. The fraction of sp³-hybridized carbons (Fsp3) is 0.500. The van der Waals surface area contributed by atoms with Crippen LogP contribution in [0.15, 0.2) is 18.3 Å². The van der Waals surface area contributed by atoms with E-state index in [1.54, 1.807) is 7.05 Å². The summed E-state index contributed by atoms with van der Waals surface area (Å²) in [6.45, 7) is 1.53. The molecule has 1 atom stereocenters. The predicted octanol–water partition coefficient (Wildman–Crippen LogP) is 1.06. The van der Waals surface area contributed by atoms with E-state index < -0.39 is 18.9 Å². The van der Waals surface area contributed by atoms with Gasteiger partial charge in [0.1, 0.15) is 6.61 Å². The monoisotopic (exact) mass is 273 g/mol. The number of carbonyl (C=O) groups excluding carboxylic acids is 1. The van der Waals surface area contributed by atoms with Gasteiger partial charge in [-0.15, -0.1) is 0 Å². The van der Waals surface area contributed by atoms with Crippen LogP contribution in [0.25, 0.3) is 0 Å². The quantitative estimate of drug-likeness (QED) is 0.780. The molecule has 1 rings (SSSR count). The van der Waals surface area contributed by atoms with Gasteiger partial charge in [0.05, 0.1) is 0 Å². The molecule has 1 amide bonds. The first-order valence-corrected chi connectivity index (χ1v) is 5.86. The molecule has 0 aliphatic carbocycles. The highest BCUT2D eigenvalue weighted by Gasteiger charge is 2.15. The molecule has 5 nitrogen and oxygen atoms in total. The highest BCUT2D eigenvalue weighted by Crippen LogP contribution is 2.15. The molecular formula is C12H17F2N3O2. The molecule has 2 N–H and O–H groups in total. The van der Waals surface area contributed by atoms with E-state index in [0.29, 0.717) is 6.54 Å². The third kappa shape index (κ3) is 5.17. The molecule has 0 fully saturated rings. The normalized spacial score (nSPS) is 12.3. The van der Waals surface area contributed by atoms with Crippen LogP contribution in [0.1, 0.15) is 17.4 Å². The van der Waals surface area contributed by atoms with Gasteiger partial charge in [0.15, 0.2) is 11.4 Å². The molecule has 0 spiro atoms. The highest BCUT2D eigenvalue weighted by atomic mass is 19.3. The summed E-state index contributed by atoms with van der Waals surface area (Å²) in [7, 11) is 1.77. The van der Waals surface area contributed by atoms with E-state index >= 15 is 0 Å². The second-order valence-electron chi connectivity index (χ2n) is 3.95. The van der Waals surface area contributed by atoms with E-state index in [2.05, 4.69) is 15.6 Å². The first kappa shape index (κ1) is 15.3. The minimum Gasteiger partial charge on any atom is -0.485 e. The van der Waals surface area contributed by atoms with Crippen LogP contribution >= 0.6 is 0 Å². The van der Waals surface area contributed by atoms with Gasteiger partial charge in [-0.2, -0.15) is 0 Å². The van der Waals surface area contributed by atoms with Crippen molar-refractivity contribution in [2.45, 2.75) is 19.4 Å². The van der Waals surface area contributed by atoms with E-state index in [9.17, 15) is 13.6 Å². The maximum Gasteiger partial charge on any atom is 0.273 e. The number of pyridine rings is 1. The van der Waals surface area contributed by atoms with E-state index in [4.69, 9.17) is 4.74 Å². The lowest BCUT2D eigenvalue weighted by molar-refractivity contribution is 0.0790. The number of likely N-dealkylation sites (N-methyl/N-ethyl adjacent to an activating group) is 1. The predicted molar refractivity (Wildman–Crippen MR) is 66.6 cm³/mol. The standard InChI is InChI=1S/C12H17F2N3O2/c1-8(15-2)6-17-12(18)11-9(4-3-5-16-11)19-7-10(13)14/h3-5,8,10,15H,6-7H2,1-2H3,(H,17,18). The summed E-state index contributed by atoms with van der Waals surface area (Å²) in [5.74, 6) is -0.399. The molecule has 1 aromatic rings. The Bertz CT molecular complexity index is 416. The Kier molecular flexibility index (Phi) is 6.14. The second-order valence-corrected chi connectivity index (χ2v) is 3.95. The summed E-state index contributed by atoms with van der Waals surface area (Å²) in [5, 5.41) is 5.61. The van der Waals surface area contributed by atoms with Gasteiger partial charge >= 0.3 is 0 Å². The number of halogens is 2. The lowest BCUT2D eigenvalue weighted by Crippen LogP contribution is -2.37. The summed E-state index contributed by atoms with van der Waals surface area (Å²) < 4.78 is 29.1. The van der Waals surface area contributed by atoms with Crippen LogP contribution in [0.5, 0.6) is 5.75 Å². The Morgan fingerprint density at radius 1 is 1.53 bits per heavy atom. The van der Waals surface area contributed by atoms with Gasteiger partial charge in [0, 0.05) is 18.8 Å². The Balaban J connectivity index is 2.67.